The highest BCUT2D eigenvalue weighted by atomic mass is 32.2. The Morgan fingerprint density at radius 2 is 2.22 bits per heavy atom. The Labute approximate surface area is 111 Å². The van der Waals surface area contributed by atoms with Gasteiger partial charge in [-0.05, 0) is 35.2 Å². The molecule has 0 aliphatic rings. The van der Waals surface area contributed by atoms with E-state index in [9.17, 15) is 9.18 Å². The minimum Gasteiger partial charge on any atom is -0.477 e. The molecule has 1 heterocycles. The number of rotatable bonds is 4. The van der Waals surface area contributed by atoms with E-state index in [0.717, 1.165) is 10.5 Å². The summed E-state index contributed by atoms with van der Waals surface area (Å²) in [6.07, 6.45) is 0. The molecule has 2 rings (SSSR count). The second-order valence-electron chi connectivity index (χ2n) is 3.55. The molecule has 0 unspecified atom stereocenters. The molecule has 18 heavy (non-hydrogen) atoms. The molecule has 0 saturated carbocycles. The number of aromatic carboxylic acids is 1. The van der Waals surface area contributed by atoms with Crippen molar-refractivity contribution in [2.45, 2.75) is 10.6 Å². The van der Waals surface area contributed by atoms with Gasteiger partial charge >= 0.3 is 5.97 Å². The average molecular weight is 283 g/mol. The van der Waals surface area contributed by atoms with Crippen molar-refractivity contribution in [3.05, 3.63) is 45.9 Å². The van der Waals surface area contributed by atoms with E-state index in [4.69, 9.17) is 10.8 Å². The molecule has 0 amide bonds. The van der Waals surface area contributed by atoms with Gasteiger partial charge in [0.25, 0.3) is 0 Å². The summed E-state index contributed by atoms with van der Waals surface area (Å²) in [5.74, 6) is -0.799. The van der Waals surface area contributed by atoms with Crippen LogP contribution in [0.2, 0.25) is 0 Å². The summed E-state index contributed by atoms with van der Waals surface area (Å²) in [5.41, 5.74) is 6.80. The van der Waals surface area contributed by atoms with Crippen LogP contribution in [0, 0.1) is 5.82 Å². The molecule has 1 aromatic heterocycles. The number of thioether (sulfide) groups is 1. The molecule has 0 aliphatic carbocycles. The van der Waals surface area contributed by atoms with Crippen LogP contribution >= 0.6 is 23.1 Å². The molecular formula is C12H10FNO2S2. The number of hydrogen-bond donors (Lipinski definition) is 2. The molecule has 0 aliphatic heterocycles. The first-order valence-electron chi connectivity index (χ1n) is 5.05. The second-order valence-corrected chi connectivity index (χ2v) is 5.48. The smallest absolute Gasteiger partial charge is 0.346 e. The van der Waals surface area contributed by atoms with E-state index in [1.807, 2.05) is 0 Å². The molecule has 0 atom stereocenters. The molecule has 6 heteroatoms. The topological polar surface area (TPSA) is 63.3 Å². The zero-order valence-electron chi connectivity index (χ0n) is 9.22. The average Bonchev–Trinajstić information content (AvgIpc) is 2.76. The van der Waals surface area contributed by atoms with Gasteiger partial charge in [0, 0.05) is 16.3 Å². The first-order valence-corrected chi connectivity index (χ1v) is 6.92. The van der Waals surface area contributed by atoms with Gasteiger partial charge in [0.15, 0.2) is 0 Å². The molecule has 0 radical (unpaired) electrons. The number of halogens is 1. The van der Waals surface area contributed by atoms with Gasteiger partial charge in [-0.25, -0.2) is 9.18 Å². The van der Waals surface area contributed by atoms with E-state index in [1.165, 1.54) is 35.2 Å². The van der Waals surface area contributed by atoms with Crippen molar-refractivity contribution in [2.75, 3.05) is 5.73 Å². The zero-order valence-corrected chi connectivity index (χ0v) is 10.9. The first kappa shape index (κ1) is 12.9. The number of anilines is 1. The van der Waals surface area contributed by atoms with Crippen molar-refractivity contribution in [1.82, 2.24) is 0 Å². The highest BCUT2D eigenvalue weighted by Gasteiger charge is 2.12. The minimum atomic E-state index is -0.923. The number of nitrogen functional groups attached to an aromatic ring is 1. The predicted molar refractivity (Wildman–Crippen MR) is 71.7 cm³/mol. The maximum atomic E-state index is 12.9. The summed E-state index contributed by atoms with van der Waals surface area (Å²) in [5, 5.41) is 10.7. The Kier molecular flexibility index (Phi) is 3.88. The molecular weight excluding hydrogens is 273 g/mol. The molecule has 0 spiro atoms. The Morgan fingerprint density at radius 3 is 2.89 bits per heavy atom. The van der Waals surface area contributed by atoms with Crippen LogP contribution in [0.4, 0.5) is 10.1 Å². The van der Waals surface area contributed by atoms with Crippen molar-refractivity contribution in [2.24, 2.45) is 0 Å². The van der Waals surface area contributed by atoms with Gasteiger partial charge in [0.1, 0.15) is 10.7 Å². The lowest BCUT2D eigenvalue weighted by molar-refractivity contribution is 0.0701. The Morgan fingerprint density at radius 1 is 1.44 bits per heavy atom. The van der Waals surface area contributed by atoms with Gasteiger partial charge in [-0.1, -0.05) is 0 Å². The maximum absolute atomic E-state index is 12.9. The fourth-order valence-electron chi connectivity index (χ4n) is 1.44. The fraction of sp³-hybridized carbons (Fsp3) is 0.0833. The summed E-state index contributed by atoms with van der Waals surface area (Å²) < 4.78 is 12.9. The van der Waals surface area contributed by atoms with Crippen LogP contribution in [0.5, 0.6) is 0 Å². The monoisotopic (exact) mass is 283 g/mol. The molecule has 0 fully saturated rings. The normalized spacial score (nSPS) is 10.5. The third kappa shape index (κ3) is 2.83. The van der Waals surface area contributed by atoms with E-state index >= 15 is 0 Å². The summed E-state index contributed by atoms with van der Waals surface area (Å²) >= 11 is 2.59. The van der Waals surface area contributed by atoms with Gasteiger partial charge in [-0.15, -0.1) is 23.1 Å². The number of carbonyl (C=O) groups is 1. The lowest BCUT2D eigenvalue weighted by Gasteiger charge is -2.05. The van der Waals surface area contributed by atoms with Crippen LogP contribution in [-0.2, 0) is 5.75 Å². The summed E-state index contributed by atoms with van der Waals surface area (Å²) in [4.78, 5) is 12.0. The third-order valence-electron chi connectivity index (χ3n) is 2.30. The van der Waals surface area contributed by atoms with Crippen LogP contribution in [0.1, 0.15) is 15.2 Å². The number of benzene rings is 1. The van der Waals surface area contributed by atoms with E-state index in [1.54, 1.807) is 17.5 Å². The van der Waals surface area contributed by atoms with E-state index in [-0.39, 0.29) is 5.82 Å². The molecule has 0 bridgehead atoms. The number of nitrogens with two attached hydrogens (primary N) is 1. The Balaban J connectivity index is 2.11. The van der Waals surface area contributed by atoms with Crippen molar-refractivity contribution in [1.29, 1.82) is 0 Å². The number of hydrogen-bond acceptors (Lipinski definition) is 4. The zero-order chi connectivity index (χ0) is 13.1. The highest BCUT2D eigenvalue weighted by Crippen LogP contribution is 2.30. The van der Waals surface area contributed by atoms with Gasteiger partial charge < -0.3 is 10.8 Å². The molecule has 3 nitrogen and oxygen atoms in total. The van der Waals surface area contributed by atoms with Crippen molar-refractivity contribution in [3.63, 3.8) is 0 Å². The van der Waals surface area contributed by atoms with Crippen molar-refractivity contribution in [3.8, 4) is 0 Å². The standard InChI is InChI=1S/C12H10FNO2S2/c13-8-1-2-10(9(14)5-8)18-6-7-3-4-17-11(7)12(15)16/h1-5H,6,14H2,(H,15,16). The van der Waals surface area contributed by atoms with E-state index in [2.05, 4.69) is 0 Å². The summed E-state index contributed by atoms with van der Waals surface area (Å²) in [6, 6.07) is 5.97. The molecule has 0 saturated heterocycles. The maximum Gasteiger partial charge on any atom is 0.346 e. The van der Waals surface area contributed by atoms with E-state index in [0.29, 0.717) is 16.3 Å². The predicted octanol–water partition coefficient (Wildman–Crippen LogP) is 3.46. The fourth-order valence-corrected chi connectivity index (χ4v) is 3.24. The molecule has 94 valence electrons. The summed E-state index contributed by atoms with van der Waals surface area (Å²) in [7, 11) is 0. The summed E-state index contributed by atoms with van der Waals surface area (Å²) in [6.45, 7) is 0. The minimum absolute atomic E-state index is 0.336. The van der Waals surface area contributed by atoms with Crippen LogP contribution < -0.4 is 5.73 Å². The van der Waals surface area contributed by atoms with E-state index < -0.39 is 5.97 Å². The van der Waals surface area contributed by atoms with Crippen LogP contribution in [-0.4, -0.2) is 11.1 Å². The SMILES string of the molecule is Nc1cc(F)ccc1SCc1ccsc1C(=O)O. The second kappa shape index (κ2) is 5.41. The molecule has 2 aromatic rings. The number of carboxylic acids is 1. The Hall–Kier alpha value is -1.53. The third-order valence-corrected chi connectivity index (χ3v) is 4.38. The first-order chi connectivity index (χ1) is 8.58. The Bertz CT molecular complexity index is 583. The van der Waals surface area contributed by atoms with Crippen molar-refractivity contribution < 1.29 is 14.3 Å². The van der Waals surface area contributed by atoms with Crippen LogP contribution in [0.25, 0.3) is 0 Å². The van der Waals surface area contributed by atoms with Crippen LogP contribution in [0.15, 0.2) is 34.5 Å². The lowest BCUT2D eigenvalue weighted by atomic mass is 10.3. The van der Waals surface area contributed by atoms with Gasteiger partial charge in [-0.3, -0.25) is 0 Å². The van der Waals surface area contributed by atoms with Crippen LogP contribution in [0.3, 0.4) is 0 Å². The highest BCUT2D eigenvalue weighted by molar-refractivity contribution is 7.98. The lowest BCUT2D eigenvalue weighted by Crippen LogP contribution is -1.96. The molecule has 3 N–H and O–H groups in total. The van der Waals surface area contributed by atoms with Gasteiger partial charge in [0.2, 0.25) is 0 Å². The number of carboxylic acid groups (broad SMARTS) is 1. The largest absolute Gasteiger partial charge is 0.477 e. The van der Waals surface area contributed by atoms with Crippen molar-refractivity contribution >= 4 is 34.8 Å². The van der Waals surface area contributed by atoms with Gasteiger partial charge in [0.05, 0.1) is 0 Å². The quantitative estimate of drug-likeness (QED) is 0.666. The molecule has 1 aromatic carbocycles. The number of thiophene rings is 1. The van der Waals surface area contributed by atoms with Gasteiger partial charge in [-0.2, -0.15) is 0 Å².